The molecule has 1 amide bonds. The number of carbonyl (C=O) groups is 1. The maximum atomic E-state index is 12.2. The first kappa shape index (κ1) is 15.5. The van der Waals surface area contributed by atoms with Crippen LogP contribution in [0.4, 0.5) is 0 Å². The van der Waals surface area contributed by atoms with Gasteiger partial charge >= 0.3 is 5.76 Å². The van der Waals surface area contributed by atoms with Gasteiger partial charge in [-0.2, -0.15) is 4.68 Å². The molecule has 0 unspecified atom stereocenters. The van der Waals surface area contributed by atoms with Crippen LogP contribution in [0.5, 0.6) is 0 Å². The van der Waals surface area contributed by atoms with Crippen LogP contribution >= 0.6 is 0 Å². The SMILES string of the molecule is C[C@@H]1CCCC[C@@H]1NC(=O)Cn1nc(-c2cccnc2)oc1=O. The third kappa shape index (κ3) is 3.67. The fourth-order valence-corrected chi connectivity index (χ4v) is 2.93. The second-order valence-corrected chi connectivity index (χ2v) is 6.01. The van der Waals surface area contributed by atoms with E-state index in [2.05, 4.69) is 22.3 Å². The van der Waals surface area contributed by atoms with Crippen molar-refractivity contribution in [1.29, 1.82) is 0 Å². The molecule has 122 valence electrons. The zero-order valence-electron chi connectivity index (χ0n) is 13.1. The molecule has 1 saturated carbocycles. The molecule has 7 heteroatoms. The van der Waals surface area contributed by atoms with E-state index in [0.29, 0.717) is 11.5 Å². The Hall–Kier alpha value is -2.44. The summed E-state index contributed by atoms with van der Waals surface area (Å²) in [5.74, 6) is -0.220. The molecule has 1 aliphatic rings. The predicted molar refractivity (Wildman–Crippen MR) is 83.6 cm³/mol. The average Bonchev–Trinajstić information content (AvgIpc) is 2.91. The first-order chi connectivity index (χ1) is 11.1. The summed E-state index contributed by atoms with van der Waals surface area (Å²) in [4.78, 5) is 28.0. The van der Waals surface area contributed by atoms with Crippen LogP contribution in [-0.4, -0.2) is 26.7 Å². The molecule has 23 heavy (non-hydrogen) atoms. The van der Waals surface area contributed by atoms with Crippen molar-refractivity contribution in [2.24, 2.45) is 5.92 Å². The maximum Gasteiger partial charge on any atom is 0.437 e. The molecular weight excluding hydrogens is 296 g/mol. The Bertz CT molecular complexity index is 722. The van der Waals surface area contributed by atoms with Gasteiger partial charge in [-0.15, -0.1) is 5.10 Å². The Kier molecular flexibility index (Phi) is 4.55. The largest absolute Gasteiger partial charge is 0.437 e. The molecule has 0 spiro atoms. The van der Waals surface area contributed by atoms with Gasteiger partial charge in [0.15, 0.2) is 0 Å². The summed E-state index contributed by atoms with van der Waals surface area (Å²) >= 11 is 0. The molecule has 2 aromatic heterocycles. The minimum Gasteiger partial charge on any atom is -0.388 e. The number of hydrogen-bond donors (Lipinski definition) is 1. The summed E-state index contributed by atoms with van der Waals surface area (Å²) in [6.45, 7) is 2.01. The maximum absolute atomic E-state index is 12.2. The van der Waals surface area contributed by atoms with Gasteiger partial charge in [0.2, 0.25) is 5.91 Å². The van der Waals surface area contributed by atoms with Crippen molar-refractivity contribution in [3.8, 4) is 11.5 Å². The number of hydrogen-bond acceptors (Lipinski definition) is 5. The number of aromatic nitrogens is 3. The van der Waals surface area contributed by atoms with Crippen LogP contribution in [0.2, 0.25) is 0 Å². The van der Waals surface area contributed by atoms with Crippen LogP contribution < -0.4 is 11.1 Å². The zero-order chi connectivity index (χ0) is 16.2. The van der Waals surface area contributed by atoms with Crippen molar-refractivity contribution in [1.82, 2.24) is 20.1 Å². The minimum atomic E-state index is -0.643. The summed E-state index contributed by atoms with van der Waals surface area (Å²) in [6.07, 6.45) is 7.63. The first-order valence-electron chi connectivity index (χ1n) is 7.91. The van der Waals surface area contributed by atoms with Crippen LogP contribution in [0.3, 0.4) is 0 Å². The summed E-state index contributed by atoms with van der Waals surface area (Å²) < 4.78 is 6.14. The minimum absolute atomic E-state index is 0.133. The number of nitrogens with one attached hydrogen (secondary N) is 1. The van der Waals surface area contributed by atoms with Gasteiger partial charge in [-0.1, -0.05) is 19.8 Å². The monoisotopic (exact) mass is 316 g/mol. The average molecular weight is 316 g/mol. The number of rotatable bonds is 4. The Morgan fingerprint density at radius 2 is 2.26 bits per heavy atom. The van der Waals surface area contributed by atoms with Crippen molar-refractivity contribution in [3.63, 3.8) is 0 Å². The Balaban J connectivity index is 1.67. The van der Waals surface area contributed by atoms with Crippen LogP contribution in [-0.2, 0) is 11.3 Å². The van der Waals surface area contributed by atoms with Gasteiger partial charge in [0.25, 0.3) is 5.89 Å². The zero-order valence-corrected chi connectivity index (χ0v) is 13.1. The van der Waals surface area contributed by atoms with Crippen molar-refractivity contribution >= 4 is 5.91 Å². The highest BCUT2D eigenvalue weighted by molar-refractivity contribution is 5.76. The predicted octanol–water partition coefficient (Wildman–Crippen LogP) is 1.59. The molecule has 0 bridgehead atoms. The third-order valence-corrected chi connectivity index (χ3v) is 4.27. The van der Waals surface area contributed by atoms with Gasteiger partial charge in [0, 0.05) is 18.4 Å². The van der Waals surface area contributed by atoms with E-state index in [-0.39, 0.29) is 24.4 Å². The number of pyridine rings is 1. The normalized spacial score (nSPS) is 21.1. The summed E-state index contributed by atoms with van der Waals surface area (Å²) in [5.41, 5.74) is 0.602. The van der Waals surface area contributed by atoms with Gasteiger partial charge in [-0.05, 0) is 30.9 Å². The highest BCUT2D eigenvalue weighted by Crippen LogP contribution is 2.23. The van der Waals surface area contributed by atoms with Crippen LogP contribution in [0.15, 0.2) is 33.7 Å². The number of nitrogens with zero attached hydrogens (tertiary/aromatic N) is 3. The van der Waals surface area contributed by atoms with Gasteiger partial charge in [-0.25, -0.2) is 4.79 Å². The molecule has 1 N–H and O–H groups in total. The topological polar surface area (TPSA) is 90.0 Å². The molecule has 1 aliphatic carbocycles. The second kappa shape index (κ2) is 6.76. The summed E-state index contributed by atoms with van der Waals surface area (Å²) in [5, 5.41) is 7.07. The highest BCUT2D eigenvalue weighted by Gasteiger charge is 2.23. The molecular formula is C16H20N4O3. The lowest BCUT2D eigenvalue weighted by atomic mass is 9.86. The molecule has 0 radical (unpaired) electrons. The molecule has 7 nitrogen and oxygen atoms in total. The van der Waals surface area contributed by atoms with E-state index in [1.807, 2.05) is 0 Å². The third-order valence-electron chi connectivity index (χ3n) is 4.27. The Labute approximate surface area is 133 Å². The standard InChI is InChI=1S/C16H20N4O3/c1-11-5-2-3-7-13(11)18-14(21)10-20-16(22)23-15(19-20)12-6-4-8-17-9-12/h4,6,8-9,11,13H,2-3,5,7,10H2,1H3,(H,18,21)/t11-,13+/m1/s1. The van der Waals surface area contributed by atoms with E-state index in [9.17, 15) is 9.59 Å². The van der Waals surface area contributed by atoms with Crippen molar-refractivity contribution in [2.75, 3.05) is 0 Å². The molecule has 0 aliphatic heterocycles. The molecule has 0 aromatic carbocycles. The molecule has 2 heterocycles. The number of carbonyl (C=O) groups excluding carboxylic acids is 1. The second-order valence-electron chi connectivity index (χ2n) is 6.01. The van der Waals surface area contributed by atoms with Gasteiger partial charge in [0.1, 0.15) is 6.54 Å². The molecule has 0 saturated heterocycles. The van der Waals surface area contributed by atoms with Gasteiger partial charge in [0.05, 0.1) is 5.56 Å². The molecule has 2 atom stereocenters. The van der Waals surface area contributed by atoms with E-state index in [1.54, 1.807) is 24.5 Å². The van der Waals surface area contributed by atoms with Crippen molar-refractivity contribution < 1.29 is 9.21 Å². The quantitative estimate of drug-likeness (QED) is 0.925. The van der Waals surface area contributed by atoms with Crippen LogP contribution in [0.1, 0.15) is 32.6 Å². The summed E-state index contributed by atoms with van der Waals surface area (Å²) in [6, 6.07) is 3.65. The highest BCUT2D eigenvalue weighted by atomic mass is 16.4. The van der Waals surface area contributed by atoms with E-state index >= 15 is 0 Å². The van der Waals surface area contributed by atoms with Crippen LogP contribution in [0, 0.1) is 5.92 Å². The lowest BCUT2D eigenvalue weighted by Gasteiger charge is -2.29. The van der Waals surface area contributed by atoms with Gasteiger partial charge in [-0.3, -0.25) is 9.78 Å². The smallest absolute Gasteiger partial charge is 0.388 e. The van der Waals surface area contributed by atoms with E-state index < -0.39 is 5.76 Å². The number of amides is 1. The molecule has 1 fully saturated rings. The Morgan fingerprint density at radius 3 is 3.00 bits per heavy atom. The van der Waals surface area contributed by atoms with Crippen LogP contribution in [0.25, 0.3) is 11.5 Å². The lowest BCUT2D eigenvalue weighted by molar-refractivity contribution is -0.123. The van der Waals surface area contributed by atoms with Gasteiger partial charge < -0.3 is 9.73 Å². The molecule has 3 rings (SSSR count). The summed E-state index contributed by atoms with van der Waals surface area (Å²) in [7, 11) is 0. The van der Waals surface area contributed by atoms with Crippen molar-refractivity contribution in [3.05, 3.63) is 35.1 Å². The first-order valence-corrected chi connectivity index (χ1v) is 7.91. The molecule has 2 aromatic rings. The van der Waals surface area contributed by atoms with Crippen molar-refractivity contribution in [2.45, 2.75) is 45.2 Å². The Morgan fingerprint density at radius 1 is 1.43 bits per heavy atom. The van der Waals surface area contributed by atoms with E-state index in [0.717, 1.165) is 23.9 Å². The van der Waals surface area contributed by atoms with E-state index in [4.69, 9.17) is 4.42 Å². The fraction of sp³-hybridized carbons (Fsp3) is 0.500. The van der Waals surface area contributed by atoms with E-state index in [1.165, 1.54) is 6.42 Å². The fourth-order valence-electron chi connectivity index (χ4n) is 2.93. The lowest BCUT2D eigenvalue weighted by Crippen LogP contribution is -2.43.